The van der Waals surface area contributed by atoms with Gasteiger partial charge in [-0.1, -0.05) is 47.5 Å². The third-order valence-corrected chi connectivity index (χ3v) is 4.66. The molecule has 2 unspecified atom stereocenters. The van der Waals surface area contributed by atoms with E-state index in [0.29, 0.717) is 17.2 Å². The first-order valence-corrected chi connectivity index (χ1v) is 8.69. The normalized spacial score (nSPS) is 22.3. The Morgan fingerprint density at radius 1 is 1.00 bits per heavy atom. The van der Waals surface area contributed by atoms with Crippen LogP contribution in [0.4, 0.5) is 0 Å². The smallest absolute Gasteiger partial charge is 0.0678 e. The Morgan fingerprint density at radius 2 is 1.65 bits per heavy atom. The molecule has 0 aromatic heterocycles. The van der Waals surface area contributed by atoms with E-state index in [0.717, 1.165) is 35.8 Å². The lowest BCUT2D eigenvalue weighted by molar-refractivity contribution is -0.0704. The molecule has 0 saturated carbocycles. The maximum atomic E-state index is 6.28. The van der Waals surface area contributed by atoms with E-state index in [1.54, 1.807) is 0 Å². The number of morpholine rings is 1. The van der Waals surface area contributed by atoms with Gasteiger partial charge >= 0.3 is 0 Å². The Bertz CT molecular complexity index is 662. The van der Waals surface area contributed by atoms with Crippen molar-refractivity contribution in [2.24, 2.45) is 0 Å². The predicted octanol–water partition coefficient (Wildman–Crippen LogP) is 5.27. The molecule has 2 nitrogen and oxygen atoms in total. The third-order valence-electron chi connectivity index (χ3n) is 4.09. The largest absolute Gasteiger partial charge is 0.373 e. The molecule has 1 aliphatic heterocycles. The van der Waals surface area contributed by atoms with Gasteiger partial charge in [0.2, 0.25) is 0 Å². The van der Waals surface area contributed by atoms with Crippen LogP contribution in [0.3, 0.4) is 0 Å². The fourth-order valence-corrected chi connectivity index (χ4v) is 3.58. The summed E-state index contributed by atoms with van der Waals surface area (Å²) >= 11 is 12.4. The molecule has 1 heterocycles. The van der Waals surface area contributed by atoms with Crippen molar-refractivity contribution in [3.8, 4) is 11.1 Å². The van der Waals surface area contributed by atoms with E-state index in [-0.39, 0.29) is 0 Å². The number of ether oxygens (including phenoxy) is 1. The molecule has 1 saturated heterocycles. The summed E-state index contributed by atoms with van der Waals surface area (Å²) in [5.74, 6) is 0. The fraction of sp³-hybridized carbons (Fsp3) is 0.368. The Morgan fingerprint density at radius 3 is 2.30 bits per heavy atom. The van der Waals surface area contributed by atoms with Crippen LogP contribution in [-0.2, 0) is 11.3 Å². The number of hydrogen-bond donors (Lipinski definition) is 0. The zero-order chi connectivity index (χ0) is 16.4. The van der Waals surface area contributed by atoms with Crippen LogP contribution >= 0.6 is 23.2 Å². The zero-order valence-corrected chi connectivity index (χ0v) is 14.9. The van der Waals surface area contributed by atoms with Gasteiger partial charge < -0.3 is 4.74 Å². The van der Waals surface area contributed by atoms with Crippen LogP contribution in [-0.4, -0.2) is 30.2 Å². The lowest BCUT2D eigenvalue weighted by Gasteiger charge is -2.35. The van der Waals surface area contributed by atoms with E-state index >= 15 is 0 Å². The number of nitrogens with zero attached hydrogens (tertiary/aromatic N) is 1. The van der Waals surface area contributed by atoms with E-state index in [4.69, 9.17) is 27.9 Å². The quantitative estimate of drug-likeness (QED) is 0.748. The third kappa shape index (κ3) is 4.27. The molecule has 3 rings (SSSR count). The molecule has 0 aliphatic carbocycles. The second-order valence-electron chi connectivity index (χ2n) is 6.27. The number of rotatable bonds is 3. The standard InChI is InChI=1S/C19H21Cl2NO/c1-13-10-22(11-14(2)23-13)12-15-3-5-16(6-4-15)18-9-17(20)7-8-19(18)21/h3-9,13-14H,10-12H2,1-2H3. The molecule has 1 fully saturated rings. The summed E-state index contributed by atoms with van der Waals surface area (Å²) in [6.07, 6.45) is 0.589. The summed E-state index contributed by atoms with van der Waals surface area (Å²) in [4.78, 5) is 2.44. The van der Waals surface area contributed by atoms with Gasteiger partial charge in [0.15, 0.2) is 0 Å². The van der Waals surface area contributed by atoms with Crippen molar-refractivity contribution >= 4 is 23.2 Å². The molecule has 122 valence electrons. The lowest BCUT2D eigenvalue weighted by Crippen LogP contribution is -2.44. The molecular formula is C19H21Cl2NO. The van der Waals surface area contributed by atoms with E-state index in [1.807, 2.05) is 18.2 Å². The summed E-state index contributed by atoms with van der Waals surface area (Å²) in [6.45, 7) is 7.17. The number of hydrogen-bond acceptors (Lipinski definition) is 2. The maximum absolute atomic E-state index is 6.28. The van der Waals surface area contributed by atoms with Crippen molar-refractivity contribution in [1.82, 2.24) is 4.90 Å². The first-order chi connectivity index (χ1) is 11.0. The average Bonchev–Trinajstić information content (AvgIpc) is 2.49. The van der Waals surface area contributed by atoms with Gasteiger partial charge in [-0.05, 0) is 43.2 Å². The molecule has 2 atom stereocenters. The molecule has 1 aliphatic rings. The number of benzene rings is 2. The van der Waals surface area contributed by atoms with Crippen molar-refractivity contribution in [1.29, 1.82) is 0 Å². The first kappa shape index (κ1) is 16.8. The minimum atomic E-state index is 0.295. The van der Waals surface area contributed by atoms with E-state index in [2.05, 4.69) is 43.0 Å². The summed E-state index contributed by atoms with van der Waals surface area (Å²) in [6, 6.07) is 14.1. The Balaban J connectivity index is 1.73. The van der Waals surface area contributed by atoms with Crippen molar-refractivity contribution in [3.63, 3.8) is 0 Å². The zero-order valence-electron chi connectivity index (χ0n) is 13.4. The highest BCUT2D eigenvalue weighted by Gasteiger charge is 2.21. The van der Waals surface area contributed by atoms with Crippen LogP contribution in [0.2, 0.25) is 10.0 Å². The van der Waals surface area contributed by atoms with E-state index < -0.39 is 0 Å². The second kappa shape index (κ2) is 7.23. The highest BCUT2D eigenvalue weighted by Crippen LogP contribution is 2.30. The lowest BCUT2D eigenvalue weighted by atomic mass is 10.0. The van der Waals surface area contributed by atoms with Gasteiger partial charge in [0, 0.05) is 35.2 Å². The molecule has 2 aromatic rings. The van der Waals surface area contributed by atoms with Crippen molar-refractivity contribution in [3.05, 3.63) is 58.1 Å². The van der Waals surface area contributed by atoms with Gasteiger partial charge in [0.05, 0.1) is 12.2 Å². The van der Waals surface area contributed by atoms with E-state index in [9.17, 15) is 0 Å². The fourth-order valence-electron chi connectivity index (χ4n) is 3.18. The Kier molecular flexibility index (Phi) is 5.27. The molecule has 4 heteroatoms. The minimum absolute atomic E-state index is 0.295. The molecule has 23 heavy (non-hydrogen) atoms. The topological polar surface area (TPSA) is 12.5 Å². The highest BCUT2D eigenvalue weighted by molar-refractivity contribution is 6.35. The van der Waals surface area contributed by atoms with Crippen molar-refractivity contribution in [2.75, 3.05) is 13.1 Å². The predicted molar refractivity (Wildman–Crippen MR) is 97.2 cm³/mol. The van der Waals surface area contributed by atoms with Crippen LogP contribution in [0.15, 0.2) is 42.5 Å². The van der Waals surface area contributed by atoms with Gasteiger partial charge in [-0.15, -0.1) is 0 Å². The van der Waals surface area contributed by atoms with Gasteiger partial charge in [-0.25, -0.2) is 0 Å². The highest BCUT2D eigenvalue weighted by atomic mass is 35.5. The number of halogens is 2. The summed E-state index contributed by atoms with van der Waals surface area (Å²) in [5.41, 5.74) is 3.36. The Labute approximate surface area is 148 Å². The SMILES string of the molecule is CC1CN(Cc2ccc(-c3cc(Cl)ccc3Cl)cc2)CC(C)O1. The van der Waals surface area contributed by atoms with Gasteiger partial charge in [-0.2, -0.15) is 0 Å². The van der Waals surface area contributed by atoms with Crippen LogP contribution in [0.5, 0.6) is 0 Å². The van der Waals surface area contributed by atoms with Crippen LogP contribution in [0, 0.1) is 0 Å². The van der Waals surface area contributed by atoms with E-state index in [1.165, 1.54) is 5.56 Å². The maximum Gasteiger partial charge on any atom is 0.0678 e. The second-order valence-corrected chi connectivity index (χ2v) is 7.12. The van der Waals surface area contributed by atoms with Gasteiger partial charge in [0.25, 0.3) is 0 Å². The van der Waals surface area contributed by atoms with Crippen LogP contribution in [0.25, 0.3) is 11.1 Å². The first-order valence-electron chi connectivity index (χ1n) is 7.93. The molecule has 0 N–H and O–H groups in total. The molecule has 0 radical (unpaired) electrons. The summed E-state index contributed by atoms with van der Waals surface area (Å²) < 4.78 is 5.79. The monoisotopic (exact) mass is 349 g/mol. The van der Waals surface area contributed by atoms with Gasteiger partial charge in [-0.3, -0.25) is 4.90 Å². The summed E-state index contributed by atoms with van der Waals surface area (Å²) in [7, 11) is 0. The van der Waals surface area contributed by atoms with Crippen LogP contribution < -0.4 is 0 Å². The molecule has 0 amide bonds. The molecule has 0 spiro atoms. The minimum Gasteiger partial charge on any atom is -0.373 e. The molecule has 0 bridgehead atoms. The van der Waals surface area contributed by atoms with Crippen molar-refractivity contribution < 1.29 is 4.74 Å². The summed E-state index contributed by atoms with van der Waals surface area (Å²) in [5, 5.41) is 1.42. The average molecular weight is 350 g/mol. The Hall–Kier alpha value is -1.06. The van der Waals surface area contributed by atoms with Crippen molar-refractivity contribution in [2.45, 2.75) is 32.6 Å². The molecule has 2 aromatic carbocycles. The molecular weight excluding hydrogens is 329 g/mol. The van der Waals surface area contributed by atoms with Gasteiger partial charge in [0.1, 0.15) is 0 Å². The van der Waals surface area contributed by atoms with Crippen LogP contribution in [0.1, 0.15) is 19.4 Å².